The fraction of sp³-hybridized carbons (Fsp3) is 0.214. The summed E-state index contributed by atoms with van der Waals surface area (Å²) < 4.78 is 0. The molecule has 0 bridgehead atoms. The van der Waals surface area contributed by atoms with Crippen molar-refractivity contribution < 1.29 is 4.79 Å². The molecule has 1 aliphatic heterocycles. The zero-order valence-corrected chi connectivity index (χ0v) is 10.4. The van der Waals surface area contributed by atoms with Crippen LogP contribution >= 0.6 is 11.3 Å². The lowest BCUT2D eigenvalue weighted by Gasteiger charge is -2.40. The van der Waals surface area contributed by atoms with Crippen molar-refractivity contribution in [2.24, 2.45) is 0 Å². The van der Waals surface area contributed by atoms with Gasteiger partial charge in [-0.2, -0.15) is 0 Å². The number of thiophene rings is 1. The second-order valence-electron chi connectivity index (χ2n) is 4.33. The number of nitrogens with zero attached hydrogens (tertiary/aromatic N) is 1. The zero-order valence-electron chi connectivity index (χ0n) is 9.59. The first kappa shape index (κ1) is 10.5. The Hall–Kier alpha value is -1.61. The standard InChI is InChI=1S/C14H13NOS/c1-10-4-6-11(7-5-10)15-12(9-14(15)16)13-3-2-8-17-13/h2-8,12H,9H2,1H3. The molecule has 2 nitrogen and oxygen atoms in total. The first-order chi connectivity index (χ1) is 8.25. The van der Waals surface area contributed by atoms with Crippen LogP contribution in [0, 0.1) is 6.92 Å². The van der Waals surface area contributed by atoms with Gasteiger partial charge in [-0.15, -0.1) is 11.3 Å². The van der Waals surface area contributed by atoms with Crippen LogP contribution in [0.25, 0.3) is 0 Å². The smallest absolute Gasteiger partial charge is 0.230 e. The number of anilines is 1. The first-order valence-electron chi connectivity index (χ1n) is 5.68. The highest BCUT2D eigenvalue weighted by atomic mass is 32.1. The van der Waals surface area contributed by atoms with Gasteiger partial charge in [0.2, 0.25) is 5.91 Å². The number of rotatable bonds is 2. The Labute approximate surface area is 105 Å². The summed E-state index contributed by atoms with van der Waals surface area (Å²) in [6, 6.07) is 12.5. The summed E-state index contributed by atoms with van der Waals surface area (Å²) in [6.07, 6.45) is 0.633. The van der Waals surface area contributed by atoms with Gasteiger partial charge in [-0.1, -0.05) is 23.8 Å². The second kappa shape index (κ2) is 4.00. The highest BCUT2D eigenvalue weighted by molar-refractivity contribution is 7.10. The molecule has 1 aromatic carbocycles. The molecule has 2 heterocycles. The first-order valence-corrected chi connectivity index (χ1v) is 6.56. The molecule has 0 radical (unpaired) electrons. The maximum Gasteiger partial charge on any atom is 0.230 e. The molecule has 1 unspecified atom stereocenters. The molecule has 17 heavy (non-hydrogen) atoms. The Kier molecular flexibility index (Phi) is 2.48. The van der Waals surface area contributed by atoms with Gasteiger partial charge in [-0.05, 0) is 30.5 Å². The van der Waals surface area contributed by atoms with Crippen molar-refractivity contribution in [2.45, 2.75) is 19.4 Å². The third-order valence-electron chi connectivity index (χ3n) is 3.13. The molecule has 0 aliphatic carbocycles. The summed E-state index contributed by atoms with van der Waals surface area (Å²) in [7, 11) is 0. The maximum atomic E-state index is 11.8. The van der Waals surface area contributed by atoms with E-state index >= 15 is 0 Å². The molecule has 2 aromatic rings. The van der Waals surface area contributed by atoms with Crippen molar-refractivity contribution >= 4 is 22.9 Å². The molecule has 1 atom stereocenters. The van der Waals surface area contributed by atoms with Crippen LogP contribution in [0.3, 0.4) is 0 Å². The van der Waals surface area contributed by atoms with E-state index in [1.165, 1.54) is 10.4 Å². The lowest BCUT2D eigenvalue weighted by atomic mass is 9.99. The van der Waals surface area contributed by atoms with E-state index < -0.39 is 0 Å². The summed E-state index contributed by atoms with van der Waals surface area (Å²) in [5, 5.41) is 2.06. The molecule has 1 fully saturated rings. The van der Waals surface area contributed by atoms with Gasteiger partial charge in [0.1, 0.15) is 0 Å². The predicted molar refractivity (Wildman–Crippen MR) is 70.3 cm³/mol. The maximum absolute atomic E-state index is 11.8. The third kappa shape index (κ3) is 1.76. The largest absolute Gasteiger partial charge is 0.304 e. The summed E-state index contributed by atoms with van der Waals surface area (Å²) in [5.41, 5.74) is 2.22. The number of carbonyl (C=O) groups is 1. The van der Waals surface area contributed by atoms with Crippen LogP contribution in [0.4, 0.5) is 5.69 Å². The number of hydrogen-bond donors (Lipinski definition) is 0. The monoisotopic (exact) mass is 243 g/mol. The highest BCUT2D eigenvalue weighted by Crippen LogP contribution is 2.40. The van der Waals surface area contributed by atoms with Gasteiger partial charge in [0.15, 0.2) is 0 Å². The van der Waals surface area contributed by atoms with Gasteiger partial charge in [0.05, 0.1) is 12.5 Å². The number of amides is 1. The molecule has 3 rings (SSSR count). The van der Waals surface area contributed by atoms with Crippen LogP contribution in [0.1, 0.15) is 22.9 Å². The van der Waals surface area contributed by atoms with Crippen molar-refractivity contribution in [1.29, 1.82) is 0 Å². The SMILES string of the molecule is Cc1ccc(N2C(=O)CC2c2cccs2)cc1. The van der Waals surface area contributed by atoms with E-state index in [0.29, 0.717) is 6.42 Å². The van der Waals surface area contributed by atoms with Gasteiger partial charge in [0, 0.05) is 10.6 Å². The molecule has 86 valence electrons. The van der Waals surface area contributed by atoms with E-state index in [2.05, 4.69) is 18.4 Å². The molecule has 1 amide bonds. The van der Waals surface area contributed by atoms with E-state index in [0.717, 1.165) is 5.69 Å². The minimum absolute atomic E-state index is 0.215. The Morgan fingerprint density at radius 3 is 2.59 bits per heavy atom. The molecule has 1 aliphatic rings. The van der Waals surface area contributed by atoms with Crippen molar-refractivity contribution in [2.75, 3.05) is 4.90 Å². The molecular formula is C14H13NOS. The number of carbonyl (C=O) groups excluding carboxylic acids is 1. The highest BCUT2D eigenvalue weighted by Gasteiger charge is 2.38. The van der Waals surface area contributed by atoms with E-state index in [1.807, 2.05) is 35.2 Å². The van der Waals surface area contributed by atoms with E-state index in [-0.39, 0.29) is 11.9 Å². The van der Waals surface area contributed by atoms with Crippen LogP contribution in [0.5, 0.6) is 0 Å². The van der Waals surface area contributed by atoms with Gasteiger partial charge in [-0.25, -0.2) is 0 Å². The summed E-state index contributed by atoms with van der Waals surface area (Å²) in [5.74, 6) is 0.215. The quantitative estimate of drug-likeness (QED) is 0.739. The lowest BCUT2D eigenvalue weighted by molar-refractivity contribution is -0.124. The molecule has 0 spiro atoms. The molecule has 1 saturated heterocycles. The van der Waals surface area contributed by atoms with Crippen LogP contribution in [-0.4, -0.2) is 5.91 Å². The van der Waals surface area contributed by atoms with E-state index in [4.69, 9.17) is 0 Å². The number of aryl methyl sites for hydroxylation is 1. The Morgan fingerprint density at radius 2 is 2.00 bits per heavy atom. The number of β-lactam (4-membered cyclic amide) rings is 1. The topological polar surface area (TPSA) is 20.3 Å². The normalized spacial score (nSPS) is 19.2. The minimum atomic E-state index is 0.215. The van der Waals surface area contributed by atoms with Crippen LogP contribution < -0.4 is 4.90 Å². The van der Waals surface area contributed by atoms with Crippen LogP contribution in [0.2, 0.25) is 0 Å². The molecule has 0 N–H and O–H groups in total. The zero-order chi connectivity index (χ0) is 11.8. The second-order valence-corrected chi connectivity index (χ2v) is 5.31. The van der Waals surface area contributed by atoms with Crippen molar-refractivity contribution in [3.05, 3.63) is 52.2 Å². The molecule has 1 aromatic heterocycles. The van der Waals surface area contributed by atoms with Crippen LogP contribution in [0.15, 0.2) is 41.8 Å². The third-order valence-corrected chi connectivity index (χ3v) is 4.11. The van der Waals surface area contributed by atoms with E-state index in [9.17, 15) is 4.79 Å². The fourth-order valence-corrected chi connectivity index (χ4v) is 2.97. The van der Waals surface area contributed by atoms with Gasteiger partial charge >= 0.3 is 0 Å². The van der Waals surface area contributed by atoms with Gasteiger partial charge < -0.3 is 4.90 Å². The Bertz CT molecular complexity index is 530. The Balaban J connectivity index is 1.91. The predicted octanol–water partition coefficient (Wildman–Crippen LogP) is 3.53. The lowest BCUT2D eigenvalue weighted by Crippen LogP contribution is -2.46. The molecule has 0 saturated carbocycles. The Morgan fingerprint density at radius 1 is 1.24 bits per heavy atom. The van der Waals surface area contributed by atoms with Crippen molar-refractivity contribution in [1.82, 2.24) is 0 Å². The fourth-order valence-electron chi connectivity index (χ4n) is 2.15. The average molecular weight is 243 g/mol. The summed E-state index contributed by atoms with van der Waals surface area (Å²) in [6.45, 7) is 2.05. The molecule has 3 heteroatoms. The molecular weight excluding hydrogens is 230 g/mol. The summed E-state index contributed by atoms with van der Waals surface area (Å²) in [4.78, 5) is 14.9. The number of hydrogen-bond acceptors (Lipinski definition) is 2. The van der Waals surface area contributed by atoms with Gasteiger partial charge in [-0.3, -0.25) is 4.79 Å². The number of benzene rings is 1. The van der Waals surface area contributed by atoms with Gasteiger partial charge in [0.25, 0.3) is 0 Å². The average Bonchev–Trinajstić information content (AvgIpc) is 2.82. The minimum Gasteiger partial charge on any atom is -0.304 e. The van der Waals surface area contributed by atoms with E-state index in [1.54, 1.807) is 11.3 Å². The van der Waals surface area contributed by atoms with Crippen molar-refractivity contribution in [3.8, 4) is 0 Å². The summed E-state index contributed by atoms with van der Waals surface area (Å²) >= 11 is 1.72. The van der Waals surface area contributed by atoms with Crippen molar-refractivity contribution in [3.63, 3.8) is 0 Å². The van der Waals surface area contributed by atoms with Crippen LogP contribution in [-0.2, 0) is 4.79 Å².